The highest BCUT2D eigenvalue weighted by Crippen LogP contribution is 2.36. The van der Waals surface area contributed by atoms with Gasteiger partial charge in [-0.05, 0) is 42.3 Å². The Morgan fingerprint density at radius 2 is 1.93 bits per heavy atom. The van der Waals surface area contributed by atoms with Crippen LogP contribution < -0.4 is 4.74 Å². The predicted octanol–water partition coefficient (Wildman–Crippen LogP) is 3.35. The number of benzene rings is 2. The van der Waals surface area contributed by atoms with E-state index in [4.69, 9.17) is 4.74 Å². The first-order chi connectivity index (χ1) is 14.3. The number of hydrogen-bond donors (Lipinski definition) is 0. The Bertz CT molecular complexity index is 1130. The van der Waals surface area contributed by atoms with E-state index >= 15 is 0 Å². The SMILES string of the molecule is Cc1cccc(OC[C@H]2CN(S(=O)(=O)c3cn(C)cn3)C[C@@H]2c2ccc(F)cc2)c1. The van der Waals surface area contributed by atoms with Crippen molar-refractivity contribution in [3.05, 3.63) is 78.0 Å². The topological polar surface area (TPSA) is 64.4 Å². The third-order valence-corrected chi connectivity index (χ3v) is 7.16. The first kappa shape index (κ1) is 20.6. The van der Waals surface area contributed by atoms with Crippen molar-refractivity contribution in [1.82, 2.24) is 13.9 Å². The number of halogens is 1. The lowest BCUT2D eigenvalue weighted by Crippen LogP contribution is -2.30. The van der Waals surface area contributed by atoms with Crippen LogP contribution in [0.15, 0.2) is 66.1 Å². The van der Waals surface area contributed by atoms with Crippen LogP contribution in [0.5, 0.6) is 5.75 Å². The molecule has 1 aliphatic rings. The molecule has 8 heteroatoms. The van der Waals surface area contributed by atoms with Crippen molar-refractivity contribution in [3.63, 3.8) is 0 Å². The zero-order valence-electron chi connectivity index (χ0n) is 16.9. The van der Waals surface area contributed by atoms with E-state index in [0.29, 0.717) is 19.7 Å². The minimum Gasteiger partial charge on any atom is -0.493 e. The molecule has 30 heavy (non-hydrogen) atoms. The van der Waals surface area contributed by atoms with Crippen molar-refractivity contribution in [1.29, 1.82) is 0 Å². The molecule has 0 unspecified atom stereocenters. The molecule has 158 valence electrons. The molecule has 0 spiro atoms. The van der Waals surface area contributed by atoms with Crippen LogP contribution in [0.2, 0.25) is 0 Å². The molecular formula is C22H24FN3O3S. The number of ether oxygens (including phenoxy) is 1. The van der Waals surface area contributed by atoms with Gasteiger partial charge in [-0.2, -0.15) is 4.31 Å². The maximum Gasteiger partial charge on any atom is 0.262 e. The molecule has 4 rings (SSSR count). The molecular weight excluding hydrogens is 405 g/mol. The third kappa shape index (κ3) is 4.24. The second-order valence-corrected chi connectivity index (χ2v) is 9.63. The van der Waals surface area contributed by atoms with Gasteiger partial charge in [-0.25, -0.2) is 17.8 Å². The van der Waals surface area contributed by atoms with E-state index in [1.54, 1.807) is 23.7 Å². The van der Waals surface area contributed by atoms with Crippen LogP contribution in [-0.4, -0.2) is 42.0 Å². The predicted molar refractivity (Wildman–Crippen MR) is 111 cm³/mol. The summed E-state index contributed by atoms with van der Waals surface area (Å²) in [6.45, 7) is 2.96. The molecule has 3 aromatic rings. The van der Waals surface area contributed by atoms with Gasteiger partial charge in [0, 0.05) is 38.2 Å². The molecule has 0 saturated carbocycles. The summed E-state index contributed by atoms with van der Waals surface area (Å²) in [6.07, 6.45) is 2.97. The normalized spacial score (nSPS) is 19.8. The molecule has 2 aromatic carbocycles. The van der Waals surface area contributed by atoms with Gasteiger partial charge in [-0.1, -0.05) is 24.3 Å². The highest BCUT2D eigenvalue weighted by atomic mass is 32.2. The van der Waals surface area contributed by atoms with Crippen LogP contribution in [0.4, 0.5) is 4.39 Å². The summed E-state index contributed by atoms with van der Waals surface area (Å²) in [5.41, 5.74) is 1.99. The average Bonchev–Trinajstić information content (AvgIpc) is 3.34. The van der Waals surface area contributed by atoms with Crippen LogP contribution in [-0.2, 0) is 17.1 Å². The quantitative estimate of drug-likeness (QED) is 0.603. The van der Waals surface area contributed by atoms with Crippen LogP contribution in [0.25, 0.3) is 0 Å². The summed E-state index contributed by atoms with van der Waals surface area (Å²) >= 11 is 0. The van der Waals surface area contributed by atoms with Crippen LogP contribution in [0.3, 0.4) is 0 Å². The second kappa shape index (κ2) is 8.20. The number of sulfonamides is 1. The van der Waals surface area contributed by atoms with Crippen molar-refractivity contribution >= 4 is 10.0 Å². The standard InChI is InChI=1S/C22H24FN3O3S/c1-16-4-3-5-20(10-16)29-14-18-11-26(30(27,28)22-13-25(2)15-24-22)12-21(18)17-6-8-19(23)9-7-17/h3-10,13,15,18,21H,11-12,14H2,1-2H3/t18-,21-/m1/s1. The van der Waals surface area contributed by atoms with Crippen molar-refractivity contribution in [3.8, 4) is 5.75 Å². The van der Waals surface area contributed by atoms with E-state index in [1.165, 1.54) is 29.0 Å². The van der Waals surface area contributed by atoms with Crippen molar-refractivity contribution in [2.75, 3.05) is 19.7 Å². The minimum atomic E-state index is -3.72. The lowest BCUT2D eigenvalue weighted by atomic mass is 9.89. The summed E-state index contributed by atoms with van der Waals surface area (Å²) in [5.74, 6) is 0.254. The maximum absolute atomic E-state index is 13.4. The molecule has 1 fully saturated rings. The van der Waals surface area contributed by atoms with E-state index in [-0.39, 0.29) is 22.7 Å². The van der Waals surface area contributed by atoms with Gasteiger partial charge in [0.2, 0.25) is 0 Å². The Morgan fingerprint density at radius 1 is 1.17 bits per heavy atom. The molecule has 1 saturated heterocycles. The molecule has 1 aliphatic heterocycles. The zero-order chi connectivity index (χ0) is 21.3. The molecule has 0 N–H and O–H groups in total. The summed E-state index contributed by atoms with van der Waals surface area (Å²) in [7, 11) is -1.99. The third-order valence-electron chi connectivity index (χ3n) is 5.44. The Labute approximate surface area is 176 Å². The van der Waals surface area contributed by atoms with Gasteiger partial charge >= 0.3 is 0 Å². The lowest BCUT2D eigenvalue weighted by Gasteiger charge is -2.19. The second-order valence-electron chi connectivity index (χ2n) is 7.75. The fourth-order valence-corrected chi connectivity index (χ4v) is 5.34. The Morgan fingerprint density at radius 3 is 2.60 bits per heavy atom. The van der Waals surface area contributed by atoms with Gasteiger partial charge in [0.25, 0.3) is 10.0 Å². The summed E-state index contributed by atoms with van der Waals surface area (Å²) in [5, 5.41) is 0.0307. The van der Waals surface area contributed by atoms with Crippen molar-refractivity contribution in [2.45, 2.75) is 17.9 Å². The van der Waals surface area contributed by atoms with Gasteiger partial charge in [0.05, 0.1) is 12.9 Å². The van der Waals surface area contributed by atoms with E-state index in [0.717, 1.165) is 16.9 Å². The number of aryl methyl sites for hydroxylation is 2. The molecule has 2 atom stereocenters. The Balaban J connectivity index is 1.59. The molecule has 6 nitrogen and oxygen atoms in total. The van der Waals surface area contributed by atoms with Gasteiger partial charge in [-0.3, -0.25) is 0 Å². The maximum atomic E-state index is 13.4. The fraction of sp³-hybridized carbons (Fsp3) is 0.318. The summed E-state index contributed by atoms with van der Waals surface area (Å²) < 4.78 is 48.7. The first-order valence-electron chi connectivity index (χ1n) is 9.76. The van der Waals surface area contributed by atoms with E-state index in [2.05, 4.69) is 4.98 Å². The monoisotopic (exact) mass is 429 g/mol. The summed E-state index contributed by atoms with van der Waals surface area (Å²) in [4.78, 5) is 4.02. The van der Waals surface area contributed by atoms with Crippen LogP contribution in [0.1, 0.15) is 17.0 Å². The molecule has 0 radical (unpaired) electrons. The molecule has 0 amide bonds. The molecule has 1 aromatic heterocycles. The first-order valence-corrected chi connectivity index (χ1v) is 11.2. The average molecular weight is 430 g/mol. The van der Waals surface area contributed by atoms with Crippen molar-refractivity contribution < 1.29 is 17.5 Å². The Kier molecular flexibility index (Phi) is 5.62. The van der Waals surface area contributed by atoms with E-state index in [9.17, 15) is 12.8 Å². The molecule has 0 aliphatic carbocycles. The summed E-state index contributed by atoms with van der Waals surface area (Å²) in [6, 6.07) is 14.0. The lowest BCUT2D eigenvalue weighted by molar-refractivity contribution is 0.244. The highest BCUT2D eigenvalue weighted by molar-refractivity contribution is 7.89. The van der Waals surface area contributed by atoms with Gasteiger partial charge < -0.3 is 9.30 Å². The van der Waals surface area contributed by atoms with Crippen molar-refractivity contribution in [2.24, 2.45) is 13.0 Å². The Hall–Kier alpha value is -2.71. The number of rotatable bonds is 6. The van der Waals surface area contributed by atoms with Gasteiger partial charge in [0.15, 0.2) is 5.03 Å². The zero-order valence-corrected chi connectivity index (χ0v) is 17.7. The largest absolute Gasteiger partial charge is 0.493 e. The van der Waals surface area contributed by atoms with Gasteiger partial charge in [-0.15, -0.1) is 0 Å². The number of imidazole rings is 1. The fourth-order valence-electron chi connectivity index (χ4n) is 3.85. The van der Waals surface area contributed by atoms with Gasteiger partial charge in [0.1, 0.15) is 11.6 Å². The number of aromatic nitrogens is 2. The van der Waals surface area contributed by atoms with Crippen LogP contribution >= 0.6 is 0 Å². The number of nitrogens with zero attached hydrogens (tertiary/aromatic N) is 3. The molecule has 2 heterocycles. The number of hydrogen-bond acceptors (Lipinski definition) is 4. The van der Waals surface area contributed by atoms with E-state index < -0.39 is 10.0 Å². The van der Waals surface area contributed by atoms with E-state index in [1.807, 2.05) is 31.2 Å². The highest BCUT2D eigenvalue weighted by Gasteiger charge is 2.41. The smallest absolute Gasteiger partial charge is 0.262 e. The van der Waals surface area contributed by atoms with Crippen LogP contribution in [0, 0.1) is 18.7 Å². The minimum absolute atomic E-state index is 0.0307. The molecule has 0 bridgehead atoms.